The van der Waals surface area contributed by atoms with E-state index < -0.39 is 0 Å². The fourth-order valence-corrected chi connectivity index (χ4v) is 4.54. The highest BCUT2D eigenvalue weighted by Gasteiger charge is 2.27. The minimum atomic E-state index is -0.00415. The Morgan fingerprint density at radius 1 is 1.37 bits per heavy atom. The van der Waals surface area contributed by atoms with Gasteiger partial charge in [-0.2, -0.15) is 5.10 Å². The van der Waals surface area contributed by atoms with E-state index in [1.165, 1.54) is 11.3 Å². The minimum Gasteiger partial charge on any atom is -0.467 e. The summed E-state index contributed by atoms with van der Waals surface area (Å²) in [6, 6.07) is 7.60. The number of fused-ring (bicyclic) bond motifs is 1. The van der Waals surface area contributed by atoms with Crippen LogP contribution >= 0.6 is 22.9 Å². The second-order valence-corrected chi connectivity index (χ2v) is 8.06. The molecule has 0 spiro atoms. The van der Waals surface area contributed by atoms with Crippen LogP contribution in [0.1, 0.15) is 35.9 Å². The van der Waals surface area contributed by atoms with E-state index in [2.05, 4.69) is 10.1 Å². The van der Waals surface area contributed by atoms with Gasteiger partial charge < -0.3 is 9.64 Å². The number of benzene rings is 1. The number of carbonyl (C=O) groups excluding carboxylic acids is 1. The third-order valence-electron chi connectivity index (χ3n) is 4.85. The number of para-hydroxylation sites is 1. The van der Waals surface area contributed by atoms with E-state index in [0.717, 1.165) is 35.3 Å². The molecule has 3 heterocycles. The monoisotopic (exact) mass is 404 g/mol. The lowest BCUT2D eigenvalue weighted by Crippen LogP contribution is -2.42. The maximum Gasteiger partial charge on any atom is 0.274 e. The number of hydrogen-bond acceptors (Lipinski definition) is 5. The Bertz CT molecular complexity index is 975. The van der Waals surface area contributed by atoms with Crippen molar-refractivity contribution in [3.8, 4) is 5.19 Å². The smallest absolute Gasteiger partial charge is 0.274 e. The van der Waals surface area contributed by atoms with E-state index in [1.807, 2.05) is 47.7 Å². The first-order valence-corrected chi connectivity index (χ1v) is 10.3. The Kier molecular flexibility index (Phi) is 5.06. The number of aryl methyl sites for hydroxylation is 2. The lowest BCUT2D eigenvalue weighted by Gasteiger charge is -2.31. The Labute approximate surface area is 166 Å². The highest BCUT2D eigenvalue weighted by Crippen LogP contribution is 2.33. The summed E-state index contributed by atoms with van der Waals surface area (Å²) in [5.74, 6) is -0.00415. The quantitative estimate of drug-likeness (QED) is 0.655. The van der Waals surface area contributed by atoms with Gasteiger partial charge in [-0.1, -0.05) is 29.0 Å². The molecule has 3 aromatic rings. The molecule has 8 heteroatoms. The van der Waals surface area contributed by atoms with E-state index in [-0.39, 0.29) is 12.0 Å². The fraction of sp³-hybridized carbons (Fsp3) is 0.421. The summed E-state index contributed by atoms with van der Waals surface area (Å²) in [6.45, 7) is 6.07. The van der Waals surface area contributed by atoms with Crippen molar-refractivity contribution in [1.82, 2.24) is 19.7 Å². The van der Waals surface area contributed by atoms with E-state index in [1.54, 1.807) is 0 Å². The van der Waals surface area contributed by atoms with Gasteiger partial charge in [0.1, 0.15) is 11.6 Å². The van der Waals surface area contributed by atoms with Crippen LogP contribution in [-0.4, -0.2) is 44.8 Å². The molecule has 1 amide bonds. The average molecular weight is 405 g/mol. The van der Waals surface area contributed by atoms with E-state index in [4.69, 9.17) is 16.3 Å². The number of carbonyl (C=O) groups is 1. The number of thiazole rings is 1. The van der Waals surface area contributed by atoms with Crippen molar-refractivity contribution in [2.24, 2.45) is 0 Å². The molecule has 0 N–H and O–H groups in total. The topological polar surface area (TPSA) is 60.2 Å². The van der Waals surface area contributed by atoms with Gasteiger partial charge in [-0.3, -0.25) is 9.48 Å². The van der Waals surface area contributed by atoms with Crippen LogP contribution in [0.3, 0.4) is 0 Å². The number of amides is 1. The molecule has 1 aliphatic heterocycles. The molecule has 0 unspecified atom stereocenters. The lowest BCUT2D eigenvalue weighted by molar-refractivity contribution is 0.0589. The van der Waals surface area contributed by atoms with Crippen molar-refractivity contribution in [3.63, 3.8) is 0 Å². The van der Waals surface area contributed by atoms with E-state index in [0.29, 0.717) is 29.0 Å². The van der Waals surface area contributed by atoms with E-state index >= 15 is 0 Å². The maximum atomic E-state index is 12.7. The Morgan fingerprint density at radius 2 is 2.15 bits per heavy atom. The zero-order chi connectivity index (χ0) is 19.0. The number of likely N-dealkylation sites (tertiary alicyclic amines) is 1. The van der Waals surface area contributed by atoms with Crippen LogP contribution in [-0.2, 0) is 6.54 Å². The highest BCUT2D eigenvalue weighted by molar-refractivity contribution is 7.20. The predicted molar refractivity (Wildman–Crippen MR) is 107 cm³/mol. The maximum absolute atomic E-state index is 12.7. The number of hydrogen-bond donors (Lipinski definition) is 0. The number of ether oxygens (including phenoxy) is 1. The van der Waals surface area contributed by atoms with Gasteiger partial charge >= 0.3 is 0 Å². The number of aromatic nitrogens is 3. The van der Waals surface area contributed by atoms with Crippen molar-refractivity contribution in [2.75, 3.05) is 13.1 Å². The third-order valence-corrected chi connectivity index (χ3v) is 6.06. The lowest BCUT2D eigenvalue weighted by atomic mass is 10.1. The summed E-state index contributed by atoms with van der Waals surface area (Å²) in [6.07, 6.45) is 1.62. The number of halogens is 1. The first kappa shape index (κ1) is 18.3. The largest absolute Gasteiger partial charge is 0.467 e. The van der Waals surface area contributed by atoms with Crippen LogP contribution in [0, 0.1) is 6.92 Å². The molecule has 0 radical (unpaired) electrons. The summed E-state index contributed by atoms with van der Waals surface area (Å²) in [7, 11) is 0. The van der Waals surface area contributed by atoms with Gasteiger partial charge in [0.2, 0.25) is 0 Å². The predicted octanol–water partition coefficient (Wildman–Crippen LogP) is 4.16. The molecule has 0 aliphatic carbocycles. The molecule has 2 aromatic heterocycles. The van der Waals surface area contributed by atoms with Gasteiger partial charge in [-0.25, -0.2) is 4.98 Å². The summed E-state index contributed by atoms with van der Waals surface area (Å²) in [4.78, 5) is 19.0. The number of piperidine rings is 1. The summed E-state index contributed by atoms with van der Waals surface area (Å²) < 4.78 is 8.93. The van der Waals surface area contributed by atoms with Crippen LogP contribution < -0.4 is 4.74 Å². The molecular weight excluding hydrogens is 384 g/mol. The molecule has 4 rings (SSSR count). The van der Waals surface area contributed by atoms with Gasteiger partial charge in [-0.15, -0.1) is 0 Å². The zero-order valence-electron chi connectivity index (χ0n) is 15.3. The van der Waals surface area contributed by atoms with Crippen molar-refractivity contribution in [2.45, 2.75) is 39.3 Å². The van der Waals surface area contributed by atoms with Crippen LogP contribution in [0.2, 0.25) is 5.02 Å². The Morgan fingerprint density at radius 3 is 2.81 bits per heavy atom. The molecule has 1 aromatic carbocycles. The van der Waals surface area contributed by atoms with Crippen LogP contribution in [0.4, 0.5) is 0 Å². The zero-order valence-corrected chi connectivity index (χ0v) is 16.9. The van der Waals surface area contributed by atoms with Crippen LogP contribution in [0.15, 0.2) is 24.3 Å². The van der Waals surface area contributed by atoms with Crippen molar-refractivity contribution >= 4 is 39.1 Å². The molecule has 27 heavy (non-hydrogen) atoms. The first-order valence-electron chi connectivity index (χ1n) is 9.10. The number of rotatable bonds is 4. The van der Waals surface area contributed by atoms with Gasteiger partial charge in [0.05, 0.1) is 9.72 Å². The van der Waals surface area contributed by atoms with Gasteiger partial charge in [0, 0.05) is 38.2 Å². The second-order valence-electron chi connectivity index (χ2n) is 6.66. The summed E-state index contributed by atoms with van der Waals surface area (Å²) >= 11 is 7.69. The van der Waals surface area contributed by atoms with Crippen molar-refractivity contribution in [3.05, 3.63) is 40.7 Å². The molecule has 1 aliphatic rings. The van der Waals surface area contributed by atoms with Crippen LogP contribution in [0.25, 0.3) is 10.2 Å². The normalized spacial score (nSPS) is 15.4. The Balaban J connectivity index is 1.38. The molecule has 142 valence electrons. The standard InChI is InChI=1S/C19H21ClN4O2S/c1-3-24-12(2)11-15(22-24)18(25)23-9-7-13(8-10-23)26-19-21-17-14(20)5-4-6-16(17)27-19/h4-6,11,13H,3,7-10H2,1-2H3. The fourth-order valence-electron chi connectivity index (χ4n) is 3.36. The highest BCUT2D eigenvalue weighted by atomic mass is 35.5. The second kappa shape index (κ2) is 7.48. The molecule has 0 bridgehead atoms. The first-order chi connectivity index (χ1) is 13.0. The summed E-state index contributed by atoms with van der Waals surface area (Å²) in [5.41, 5.74) is 2.32. The van der Waals surface area contributed by atoms with Gasteiger partial charge in [-0.05, 0) is 32.0 Å². The molecule has 6 nitrogen and oxygen atoms in total. The number of nitrogens with zero attached hydrogens (tertiary/aromatic N) is 4. The SMILES string of the molecule is CCn1nc(C(=O)N2CCC(Oc3nc4c(Cl)cccc4s3)CC2)cc1C. The molecule has 1 fully saturated rings. The molecule has 0 atom stereocenters. The molecular formula is C19H21ClN4O2S. The van der Waals surface area contributed by atoms with Crippen molar-refractivity contribution in [1.29, 1.82) is 0 Å². The van der Waals surface area contributed by atoms with Crippen LogP contribution in [0.5, 0.6) is 5.19 Å². The van der Waals surface area contributed by atoms with E-state index in [9.17, 15) is 4.79 Å². The summed E-state index contributed by atoms with van der Waals surface area (Å²) in [5, 5.41) is 5.67. The third kappa shape index (κ3) is 3.66. The molecule has 0 saturated carbocycles. The van der Waals surface area contributed by atoms with Gasteiger partial charge in [0.25, 0.3) is 11.1 Å². The average Bonchev–Trinajstić information content (AvgIpc) is 3.25. The van der Waals surface area contributed by atoms with Gasteiger partial charge in [0.15, 0.2) is 5.69 Å². The Hall–Kier alpha value is -2.12. The molecule has 1 saturated heterocycles. The minimum absolute atomic E-state index is 0.00415. The van der Waals surface area contributed by atoms with Crippen molar-refractivity contribution < 1.29 is 9.53 Å².